The molecule has 2 aliphatic rings. The minimum absolute atomic E-state index is 0.0527. The lowest BCUT2D eigenvalue weighted by Gasteiger charge is -2.36. The van der Waals surface area contributed by atoms with E-state index in [0.29, 0.717) is 25.2 Å². The summed E-state index contributed by atoms with van der Waals surface area (Å²) >= 11 is 1.55. The molecule has 32 heavy (non-hydrogen) atoms. The monoisotopic (exact) mass is 473 g/mol. The second kappa shape index (κ2) is 9.54. The molecule has 1 atom stereocenters. The van der Waals surface area contributed by atoms with E-state index in [1.165, 1.54) is 6.07 Å². The summed E-state index contributed by atoms with van der Waals surface area (Å²) in [6, 6.07) is 14.9. The lowest BCUT2D eigenvalue weighted by Crippen LogP contribution is -2.49. The first-order valence-corrected chi connectivity index (χ1v) is 13.3. The molecule has 0 saturated carbocycles. The summed E-state index contributed by atoms with van der Waals surface area (Å²) in [6.07, 6.45) is 0.330. The van der Waals surface area contributed by atoms with Crippen molar-refractivity contribution in [3.63, 3.8) is 0 Å². The van der Waals surface area contributed by atoms with E-state index >= 15 is 0 Å². The van der Waals surface area contributed by atoms with Gasteiger partial charge in [-0.15, -0.1) is 11.8 Å². The average Bonchev–Trinajstić information content (AvgIpc) is 2.93. The molecule has 0 bridgehead atoms. The Hall–Kier alpha value is -2.52. The second-order valence-corrected chi connectivity index (χ2v) is 11.7. The van der Waals surface area contributed by atoms with Gasteiger partial charge in [-0.05, 0) is 30.3 Å². The van der Waals surface area contributed by atoms with Crippen LogP contribution in [0, 0.1) is 0 Å². The van der Waals surface area contributed by atoms with Crippen LogP contribution in [0.3, 0.4) is 0 Å². The number of hydrogen-bond acceptors (Lipinski definition) is 6. The molecule has 2 aliphatic heterocycles. The van der Waals surface area contributed by atoms with Gasteiger partial charge >= 0.3 is 0 Å². The number of rotatable bonds is 5. The van der Waals surface area contributed by atoms with Crippen molar-refractivity contribution in [3.05, 3.63) is 48.5 Å². The van der Waals surface area contributed by atoms with Gasteiger partial charge in [0.25, 0.3) is 0 Å². The minimum Gasteiger partial charge on any atom is -0.368 e. The van der Waals surface area contributed by atoms with Gasteiger partial charge in [0, 0.05) is 54.9 Å². The summed E-state index contributed by atoms with van der Waals surface area (Å²) in [7, 11) is -3.64. The molecule has 0 unspecified atom stereocenters. The summed E-state index contributed by atoms with van der Waals surface area (Å²) in [5.41, 5.74) is 1.65. The highest BCUT2D eigenvalue weighted by atomic mass is 32.2. The molecule has 2 heterocycles. The molecule has 1 N–H and O–H groups in total. The van der Waals surface area contributed by atoms with Crippen LogP contribution in [0.25, 0.3) is 0 Å². The smallest absolute Gasteiger partial charge is 0.225 e. The highest BCUT2D eigenvalue weighted by molar-refractivity contribution is 8.00. The molecule has 1 saturated heterocycles. The van der Waals surface area contributed by atoms with E-state index in [1.54, 1.807) is 28.8 Å². The van der Waals surface area contributed by atoms with Crippen LogP contribution < -0.4 is 10.2 Å². The molecule has 9 heteroatoms. The van der Waals surface area contributed by atoms with Crippen molar-refractivity contribution in [2.45, 2.75) is 34.8 Å². The molecular formula is C23H27N3O4S2. The third-order valence-corrected chi connectivity index (χ3v) is 8.62. The number of hydrogen-bond donors (Lipinski definition) is 1. The Morgan fingerprint density at radius 3 is 2.53 bits per heavy atom. The normalized spacial score (nSPS) is 19.2. The zero-order valence-electron chi connectivity index (χ0n) is 18.0. The number of carbonyl (C=O) groups excluding carboxylic acids is 2. The fraction of sp³-hybridized carbons (Fsp3) is 0.391. The van der Waals surface area contributed by atoms with E-state index in [0.717, 1.165) is 23.7 Å². The Labute approximate surface area is 193 Å². The molecule has 2 aromatic carbocycles. The van der Waals surface area contributed by atoms with Crippen molar-refractivity contribution in [1.29, 1.82) is 0 Å². The summed E-state index contributed by atoms with van der Waals surface area (Å²) in [5, 5.41) is 2.92. The van der Waals surface area contributed by atoms with Gasteiger partial charge in [0.05, 0.1) is 16.3 Å². The SMILES string of the molecule is C[C@H]1CC(=O)Nc2cc(S(=O)(=O)CCC(=O)N3CCN(c4ccccc4)CC3)ccc2S1. The molecule has 0 aliphatic carbocycles. The van der Waals surface area contributed by atoms with Gasteiger partial charge in [0.15, 0.2) is 9.84 Å². The summed E-state index contributed by atoms with van der Waals surface area (Å²) in [4.78, 5) is 29.6. The summed E-state index contributed by atoms with van der Waals surface area (Å²) < 4.78 is 25.8. The van der Waals surface area contributed by atoms with Crippen LogP contribution in [0.1, 0.15) is 19.8 Å². The van der Waals surface area contributed by atoms with E-state index < -0.39 is 9.84 Å². The topological polar surface area (TPSA) is 86.8 Å². The van der Waals surface area contributed by atoms with Crippen LogP contribution >= 0.6 is 11.8 Å². The van der Waals surface area contributed by atoms with Crippen molar-refractivity contribution < 1.29 is 18.0 Å². The highest BCUT2D eigenvalue weighted by Gasteiger charge is 2.25. The first-order valence-electron chi connectivity index (χ1n) is 10.7. The summed E-state index contributed by atoms with van der Waals surface area (Å²) in [5.74, 6) is -0.516. The third kappa shape index (κ3) is 5.27. The fourth-order valence-corrected chi connectivity index (χ4v) is 6.28. The zero-order valence-corrected chi connectivity index (χ0v) is 19.6. The van der Waals surface area contributed by atoms with E-state index in [-0.39, 0.29) is 34.1 Å². The lowest BCUT2D eigenvalue weighted by atomic mass is 10.2. The van der Waals surface area contributed by atoms with Crippen molar-refractivity contribution >= 4 is 44.8 Å². The predicted molar refractivity (Wildman–Crippen MR) is 127 cm³/mol. The van der Waals surface area contributed by atoms with Gasteiger partial charge in [-0.3, -0.25) is 9.59 Å². The van der Waals surface area contributed by atoms with E-state index in [4.69, 9.17) is 0 Å². The fourth-order valence-electron chi connectivity index (χ4n) is 3.97. The number of sulfone groups is 1. The van der Waals surface area contributed by atoms with Crippen LogP contribution in [0.15, 0.2) is 58.3 Å². The number of carbonyl (C=O) groups is 2. The van der Waals surface area contributed by atoms with Crippen LogP contribution in [-0.4, -0.2) is 62.3 Å². The maximum Gasteiger partial charge on any atom is 0.225 e. The van der Waals surface area contributed by atoms with Crippen molar-refractivity contribution in [2.24, 2.45) is 0 Å². The second-order valence-electron chi connectivity index (χ2n) is 8.11. The Kier molecular flexibility index (Phi) is 6.76. The lowest BCUT2D eigenvalue weighted by molar-refractivity contribution is -0.131. The number of thioether (sulfide) groups is 1. The third-order valence-electron chi connectivity index (χ3n) is 5.72. The highest BCUT2D eigenvalue weighted by Crippen LogP contribution is 2.36. The quantitative estimate of drug-likeness (QED) is 0.718. The zero-order chi connectivity index (χ0) is 22.7. The van der Waals surface area contributed by atoms with Gasteiger partial charge in [-0.2, -0.15) is 0 Å². The van der Waals surface area contributed by atoms with Crippen LogP contribution in [0.5, 0.6) is 0 Å². The summed E-state index contributed by atoms with van der Waals surface area (Å²) in [6.45, 7) is 4.57. The standard InChI is InChI=1S/C23H27N3O4S2/c1-17-15-22(27)24-20-16-19(7-8-21(20)31-17)32(29,30)14-9-23(28)26-12-10-25(11-13-26)18-5-3-2-4-6-18/h2-8,16-17H,9-15H2,1H3,(H,24,27)/t17-/m0/s1. The maximum absolute atomic E-state index is 12.9. The Morgan fingerprint density at radius 1 is 1.09 bits per heavy atom. The molecule has 0 aromatic heterocycles. The average molecular weight is 474 g/mol. The molecule has 2 aromatic rings. The van der Waals surface area contributed by atoms with Crippen LogP contribution in [0.2, 0.25) is 0 Å². The number of amides is 2. The van der Waals surface area contributed by atoms with Gasteiger partial charge in [-0.25, -0.2) is 8.42 Å². The van der Waals surface area contributed by atoms with Gasteiger partial charge in [0.1, 0.15) is 0 Å². The Bertz CT molecular complexity index is 1100. The number of fused-ring (bicyclic) bond motifs is 1. The number of piperazine rings is 1. The number of nitrogens with zero attached hydrogens (tertiary/aromatic N) is 2. The molecule has 1 fully saturated rings. The van der Waals surface area contributed by atoms with Gasteiger partial charge in [0.2, 0.25) is 11.8 Å². The van der Waals surface area contributed by atoms with E-state index in [9.17, 15) is 18.0 Å². The van der Waals surface area contributed by atoms with E-state index in [2.05, 4.69) is 10.2 Å². The minimum atomic E-state index is -3.64. The molecule has 0 spiro atoms. The Balaban J connectivity index is 1.35. The number of para-hydroxylation sites is 1. The first kappa shape index (κ1) is 22.7. The molecular weight excluding hydrogens is 446 g/mol. The number of nitrogens with one attached hydrogen (secondary N) is 1. The van der Waals surface area contributed by atoms with Crippen molar-refractivity contribution in [1.82, 2.24) is 4.90 Å². The number of anilines is 2. The molecule has 4 rings (SSSR count). The first-order chi connectivity index (χ1) is 15.3. The number of benzene rings is 2. The molecule has 170 valence electrons. The maximum atomic E-state index is 12.9. The molecule has 7 nitrogen and oxygen atoms in total. The van der Waals surface area contributed by atoms with E-state index in [1.807, 2.05) is 37.3 Å². The van der Waals surface area contributed by atoms with Crippen molar-refractivity contribution in [2.75, 3.05) is 42.1 Å². The van der Waals surface area contributed by atoms with Crippen molar-refractivity contribution in [3.8, 4) is 0 Å². The van der Waals surface area contributed by atoms with Crippen LogP contribution in [0.4, 0.5) is 11.4 Å². The van der Waals surface area contributed by atoms with Crippen LogP contribution in [-0.2, 0) is 19.4 Å². The van der Waals surface area contributed by atoms with Gasteiger partial charge < -0.3 is 15.1 Å². The Morgan fingerprint density at radius 2 is 1.81 bits per heavy atom. The molecule has 0 radical (unpaired) electrons. The van der Waals surface area contributed by atoms with Gasteiger partial charge in [-0.1, -0.05) is 25.1 Å². The molecule has 2 amide bonds. The largest absolute Gasteiger partial charge is 0.368 e. The predicted octanol–water partition coefficient (Wildman–Crippen LogP) is 3.02.